The molecular weight excluding hydrogens is 432 g/mol. The molecule has 0 spiro atoms. The first-order chi connectivity index (χ1) is 15.9. The van der Waals surface area contributed by atoms with Crippen molar-refractivity contribution in [3.05, 3.63) is 41.7 Å². The van der Waals surface area contributed by atoms with Crippen molar-refractivity contribution >= 4 is 28.4 Å². The van der Waals surface area contributed by atoms with Gasteiger partial charge in [-0.2, -0.15) is 9.61 Å². The predicted octanol–water partition coefficient (Wildman–Crippen LogP) is 1.85. The summed E-state index contributed by atoms with van der Waals surface area (Å²) in [6.07, 6.45) is 19.2. The first-order valence-electron chi connectivity index (χ1n) is 9.51. The Balaban J connectivity index is 0.000000914. The number of carbonyl (C=O) groups is 1. The third kappa shape index (κ3) is 5.37. The number of hydrogen-bond acceptors (Lipinski definition) is 7. The molecule has 0 saturated carbocycles. The molecule has 1 aromatic carbocycles. The highest BCUT2D eigenvalue weighted by atomic mass is 19.1. The van der Waals surface area contributed by atoms with Crippen LogP contribution in [0.5, 0.6) is 0 Å². The minimum atomic E-state index is -0.807. The van der Waals surface area contributed by atoms with E-state index in [0.29, 0.717) is 31.6 Å². The second-order valence-electron chi connectivity index (χ2n) is 6.54. The summed E-state index contributed by atoms with van der Waals surface area (Å²) in [6.45, 7) is 0.510. The Kier molecular flexibility index (Phi) is 8.35. The summed E-state index contributed by atoms with van der Waals surface area (Å²) in [5.41, 5.74) is 6.04. The Morgan fingerprint density at radius 1 is 1.18 bits per heavy atom. The zero-order valence-electron chi connectivity index (χ0n) is 17.7. The Morgan fingerprint density at radius 3 is 2.58 bits per heavy atom. The number of unbranched alkanes of at least 4 members (excludes halogenated alkanes) is 1. The quantitative estimate of drug-likeness (QED) is 0.336. The van der Waals surface area contributed by atoms with E-state index in [0.717, 1.165) is 12.1 Å². The molecule has 170 valence electrons. The van der Waals surface area contributed by atoms with E-state index >= 15 is 0 Å². The van der Waals surface area contributed by atoms with Gasteiger partial charge in [-0.15, -0.1) is 30.8 Å². The van der Waals surface area contributed by atoms with Crippen molar-refractivity contribution in [2.45, 2.75) is 19.3 Å². The molecule has 0 unspecified atom stereocenters. The lowest BCUT2D eigenvalue weighted by Gasteiger charge is -2.14. The van der Waals surface area contributed by atoms with E-state index < -0.39 is 11.6 Å². The number of benzene rings is 1. The van der Waals surface area contributed by atoms with Crippen LogP contribution in [-0.2, 0) is 6.42 Å². The fourth-order valence-electron chi connectivity index (χ4n) is 3.03. The van der Waals surface area contributed by atoms with Gasteiger partial charge in [0.1, 0.15) is 17.7 Å². The maximum atomic E-state index is 14.0. The third-order valence-electron chi connectivity index (χ3n) is 4.47. The van der Waals surface area contributed by atoms with Crippen molar-refractivity contribution in [1.29, 1.82) is 0 Å². The van der Waals surface area contributed by atoms with Gasteiger partial charge in [0, 0.05) is 26.1 Å². The molecule has 3 N–H and O–H groups in total. The number of nitrogen functional groups attached to an aromatic ring is 1. The number of aromatic nitrogens is 7. The van der Waals surface area contributed by atoms with Gasteiger partial charge in [0.25, 0.3) is 5.91 Å². The predicted molar refractivity (Wildman–Crippen MR) is 119 cm³/mol. The molecule has 0 bridgehead atoms. The minimum Gasteiger partial charge on any atom is -0.368 e. The Labute approximate surface area is 188 Å². The van der Waals surface area contributed by atoms with Crippen LogP contribution in [0.3, 0.4) is 0 Å². The number of H-pyrrole nitrogens is 1. The van der Waals surface area contributed by atoms with E-state index in [2.05, 4.69) is 55.9 Å². The second-order valence-corrected chi connectivity index (χ2v) is 6.54. The highest BCUT2D eigenvalue weighted by Gasteiger charge is 2.16. The van der Waals surface area contributed by atoms with Crippen molar-refractivity contribution in [2.24, 2.45) is 0 Å². The van der Waals surface area contributed by atoms with Crippen LogP contribution >= 0.6 is 0 Å². The van der Waals surface area contributed by atoms with E-state index in [1.54, 1.807) is 11.9 Å². The lowest BCUT2D eigenvalue weighted by Crippen LogP contribution is -2.28. The van der Waals surface area contributed by atoms with Crippen molar-refractivity contribution < 1.29 is 13.6 Å². The number of carbonyl (C=O) groups excluding carboxylic acids is 1. The molecule has 0 fully saturated rings. The minimum absolute atomic E-state index is 0.0332. The van der Waals surface area contributed by atoms with Crippen LogP contribution in [0.2, 0.25) is 0 Å². The van der Waals surface area contributed by atoms with Crippen molar-refractivity contribution in [1.82, 2.24) is 39.7 Å². The largest absolute Gasteiger partial charge is 0.368 e. The molecule has 12 heteroatoms. The molecule has 0 aliphatic rings. The first-order valence-corrected chi connectivity index (χ1v) is 9.51. The topological polar surface area (TPSA) is 131 Å². The van der Waals surface area contributed by atoms with Crippen LogP contribution in [0.4, 0.5) is 14.7 Å². The van der Waals surface area contributed by atoms with E-state index in [9.17, 15) is 13.6 Å². The number of nitrogens with zero attached hydrogens (tertiary/aromatic N) is 7. The Hall–Kier alpha value is -4.58. The summed E-state index contributed by atoms with van der Waals surface area (Å²) in [7, 11) is 1.68. The van der Waals surface area contributed by atoms with Gasteiger partial charge >= 0.3 is 0 Å². The Morgan fingerprint density at radius 2 is 1.91 bits per heavy atom. The highest BCUT2D eigenvalue weighted by molar-refractivity contribution is 5.92. The van der Waals surface area contributed by atoms with Crippen molar-refractivity contribution in [3.63, 3.8) is 0 Å². The molecule has 0 atom stereocenters. The molecule has 0 aliphatic carbocycles. The summed E-state index contributed by atoms with van der Waals surface area (Å²) >= 11 is 0. The van der Waals surface area contributed by atoms with Crippen molar-refractivity contribution in [3.8, 4) is 25.7 Å². The molecule has 4 aromatic rings. The number of aryl methyl sites for hydroxylation is 1. The number of aromatic amines is 1. The van der Waals surface area contributed by atoms with Gasteiger partial charge in [-0.3, -0.25) is 9.89 Å². The SMILES string of the molecule is C#C.C#C.CN(CCCCc1nc2c3cc(F)cc(F)c3nc(N)n2n1)C(=O)c1ncn[nH]1. The number of fused-ring (bicyclic) bond motifs is 3. The zero-order valence-corrected chi connectivity index (χ0v) is 17.7. The van der Waals surface area contributed by atoms with Gasteiger partial charge in [0.05, 0.1) is 5.39 Å². The number of amides is 1. The maximum Gasteiger partial charge on any atom is 0.290 e. The standard InChI is InChI=1S/C17H17F2N9O.2C2H2/c1-27(16(29)14-21-8-22-25-14)5-3-2-4-12-23-15-10-6-9(18)7-11(19)13(10)24-17(20)28(15)26-12;2*1-2/h6-8H,2-5H2,1H3,(H2,20,24)(H,21,22,25);2*1-2H. The molecule has 10 nitrogen and oxygen atoms in total. The molecule has 0 aliphatic heterocycles. The highest BCUT2D eigenvalue weighted by Crippen LogP contribution is 2.23. The molecule has 4 rings (SSSR count). The number of terminal acetylenes is 2. The number of anilines is 1. The molecule has 3 heterocycles. The summed E-state index contributed by atoms with van der Waals surface area (Å²) in [4.78, 5) is 25.8. The average Bonchev–Trinajstić information content (AvgIpc) is 3.50. The zero-order chi connectivity index (χ0) is 24.5. The lowest BCUT2D eigenvalue weighted by molar-refractivity contribution is 0.0781. The van der Waals surface area contributed by atoms with Crippen LogP contribution in [-0.4, -0.2) is 59.2 Å². The van der Waals surface area contributed by atoms with Gasteiger partial charge in [-0.1, -0.05) is 0 Å². The molecular formula is C21H21F2N9O. The van der Waals surface area contributed by atoms with Gasteiger partial charge in [-0.05, 0) is 18.9 Å². The van der Waals surface area contributed by atoms with E-state index in [-0.39, 0.29) is 34.2 Å². The monoisotopic (exact) mass is 453 g/mol. The maximum absolute atomic E-state index is 14.0. The van der Waals surface area contributed by atoms with Crippen molar-refractivity contribution in [2.75, 3.05) is 19.3 Å². The number of halogens is 2. The van der Waals surface area contributed by atoms with Crippen LogP contribution in [0.1, 0.15) is 29.3 Å². The Bertz CT molecular complexity index is 1270. The summed E-state index contributed by atoms with van der Waals surface area (Å²) < 4.78 is 28.9. The number of hydrogen-bond donors (Lipinski definition) is 2. The third-order valence-corrected chi connectivity index (χ3v) is 4.47. The van der Waals surface area contributed by atoms with Gasteiger partial charge < -0.3 is 10.6 Å². The molecule has 0 saturated heterocycles. The molecule has 33 heavy (non-hydrogen) atoms. The second kappa shape index (κ2) is 11.2. The smallest absolute Gasteiger partial charge is 0.290 e. The fourth-order valence-corrected chi connectivity index (χ4v) is 3.03. The first kappa shape index (κ1) is 24.7. The molecule has 1 amide bonds. The molecule has 3 aromatic heterocycles. The fraction of sp³-hybridized carbons (Fsp3) is 0.238. The summed E-state index contributed by atoms with van der Waals surface area (Å²) in [6, 6.07) is 1.90. The lowest BCUT2D eigenvalue weighted by atomic mass is 10.2. The van der Waals surface area contributed by atoms with E-state index in [4.69, 9.17) is 5.73 Å². The van der Waals surface area contributed by atoms with Crippen LogP contribution < -0.4 is 5.73 Å². The van der Waals surface area contributed by atoms with Crippen LogP contribution in [0.15, 0.2) is 18.5 Å². The summed E-state index contributed by atoms with van der Waals surface area (Å²) in [5, 5.41) is 10.7. The average molecular weight is 453 g/mol. The molecule has 0 radical (unpaired) electrons. The number of nitrogens with two attached hydrogens (primary N) is 1. The van der Waals surface area contributed by atoms with Gasteiger partial charge in [0.2, 0.25) is 11.8 Å². The normalized spacial score (nSPS) is 10.2. The van der Waals surface area contributed by atoms with Gasteiger partial charge in [0.15, 0.2) is 17.3 Å². The number of rotatable bonds is 6. The van der Waals surface area contributed by atoms with Crippen LogP contribution in [0, 0.1) is 37.3 Å². The van der Waals surface area contributed by atoms with E-state index in [1.807, 2.05) is 0 Å². The van der Waals surface area contributed by atoms with Crippen LogP contribution in [0.25, 0.3) is 16.6 Å². The number of nitrogens with one attached hydrogen (secondary N) is 1. The van der Waals surface area contributed by atoms with E-state index in [1.165, 1.54) is 10.8 Å². The summed E-state index contributed by atoms with van der Waals surface area (Å²) in [5.74, 6) is -1.16. The van der Waals surface area contributed by atoms with Gasteiger partial charge in [-0.25, -0.2) is 23.7 Å².